The Kier molecular flexibility index (Phi) is 2.88. The predicted octanol–water partition coefficient (Wildman–Crippen LogP) is 3.19. The largest absolute Gasteiger partial charge is 0.497 e. The lowest BCUT2D eigenvalue weighted by Crippen LogP contribution is -1.90. The molecule has 20 heavy (non-hydrogen) atoms. The minimum atomic E-state index is 0.539. The van der Waals surface area contributed by atoms with Crippen LogP contribution in [0.5, 0.6) is 5.75 Å². The third kappa shape index (κ3) is 1.90. The number of aromatic nitrogens is 2. The molecule has 0 fully saturated rings. The van der Waals surface area contributed by atoms with Crippen LogP contribution in [0.3, 0.4) is 0 Å². The van der Waals surface area contributed by atoms with Crippen molar-refractivity contribution in [2.75, 3.05) is 7.11 Å². The molecule has 0 spiro atoms. The van der Waals surface area contributed by atoms with E-state index in [1.54, 1.807) is 7.11 Å². The molecular formula is C16H13N3O. The Morgan fingerprint density at radius 3 is 2.85 bits per heavy atom. The molecule has 2 heterocycles. The van der Waals surface area contributed by atoms with Crippen LogP contribution in [0, 0.1) is 18.3 Å². The fourth-order valence-electron chi connectivity index (χ4n) is 2.23. The minimum absolute atomic E-state index is 0.539. The van der Waals surface area contributed by atoms with Gasteiger partial charge in [0.25, 0.3) is 0 Å². The molecule has 0 aliphatic rings. The highest BCUT2D eigenvalue weighted by molar-refractivity contribution is 5.70. The highest BCUT2D eigenvalue weighted by Gasteiger charge is 2.14. The average Bonchev–Trinajstić information content (AvgIpc) is 2.85. The second kappa shape index (κ2) is 4.71. The smallest absolute Gasteiger partial charge is 0.152 e. The van der Waals surface area contributed by atoms with Crippen molar-refractivity contribution in [3.63, 3.8) is 0 Å². The summed E-state index contributed by atoms with van der Waals surface area (Å²) < 4.78 is 7.05. The summed E-state index contributed by atoms with van der Waals surface area (Å²) in [6, 6.07) is 13.7. The van der Waals surface area contributed by atoms with Crippen LogP contribution >= 0.6 is 0 Å². The summed E-state index contributed by atoms with van der Waals surface area (Å²) >= 11 is 0. The van der Waals surface area contributed by atoms with Gasteiger partial charge in [0.1, 0.15) is 23.2 Å². The third-order valence-corrected chi connectivity index (χ3v) is 3.22. The van der Waals surface area contributed by atoms with Gasteiger partial charge in [0.05, 0.1) is 7.11 Å². The van der Waals surface area contributed by atoms with Crippen molar-refractivity contribution in [2.45, 2.75) is 6.92 Å². The number of pyridine rings is 1. The molecule has 2 aromatic heterocycles. The monoisotopic (exact) mass is 263 g/mol. The Bertz CT molecular complexity index is 827. The lowest BCUT2D eigenvalue weighted by Gasteiger charge is -2.02. The zero-order valence-corrected chi connectivity index (χ0v) is 11.3. The number of fused-ring (bicyclic) bond motifs is 1. The van der Waals surface area contributed by atoms with Crippen LogP contribution < -0.4 is 4.74 Å². The van der Waals surface area contributed by atoms with Crippen molar-refractivity contribution < 1.29 is 4.74 Å². The predicted molar refractivity (Wildman–Crippen MR) is 76.6 cm³/mol. The van der Waals surface area contributed by atoms with Crippen LogP contribution in [0.25, 0.3) is 16.9 Å². The van der Waals surface area contributed by atoms with Crippen LogP contribution in [0.2, 0.25) is 0 Å². The number of hydrogen-bond acceptors (Lipinski definition) is 3. The van der Waals surface area contributed by atoms with Crippen LogP contribution in [-0.2, 0) is 0 Å². The number of rotatable bonds is 2. The Morgan fingerprint density at radius 1 is 1.25 bits per heavy atom. The van der Waals surface area contributed by atoms with Crippen LogP contribution in [0.4, 0.5) is 0 Å². The molecule has 3 aromatic rings. The quantitative estimate of drug-likeness (QED) is 0.713. The van der Waals surface area contributed by atoms with Crippen LogP contribution in [0.1, 0.15) is 11.3 Å². The molecule has 4 nitrogen and oxygen atoms in total. The molecule has 1 aromatic carbocycles. The van der Waals surface area contributed by atoms with Crippen molar-refractivity contribution in [1.82, 2.24) is 9.38 Å². The van der Waals surface area contributed by atoms with Gasteiger partial charge in [-0.25, -0.2) is 4.98 Å². The van der Waals surface area contributed by atoms with E-state index in [-0.39, 0.29) is 0 Å². The maximum atomic E-state index is 9.44. The summed E-state index contributed by atoms with van der Waals surface area (Å²) in [6.45, 7) is 1.99. The van der Waals surface area contributed by atoms with Crippen LogP contribution in [0.15, 0.2) is 42.6 Å². The fraction of sp³-hybridized carbons (Fsp3) is 0.125. The first kappa shape index (κ1) is 12.2. The van der Waals surface area contributed by atoms with E-state index >= 15 is 0 Å². The number of nitrogens with zero attached hydrogens (tertiary/aromatic N) is 3. The number of hydrogen-bond donors (Lipinski definition) is 0. The molecule has 0 radical (unpaired) electrons. The molecule has 98 valence electrons. The van der Waals surface area contributed by atoms with Gasteiger partial charge in [0.15, 0.2) is 5.69 Å². The van der Waals surface area contributed by atoms with Gasteiger partial charge in [-0.05, 0) is 30.7 Å². The number of aryl methyl sites for hydroxylation is 1. The highest BCUT2D eigenvalue weighted by Crippen LogP contribution is 2.27. The van der Waals surface area contributed by atoms with Crippen molar-refractivity contribution in [1.29, 1.82) is 5.26 Å². The molecule has 4 heteroatoms. The topological polar surface area (TPSA) is 50.3 Å². The van der Waals surface area contributed by atoms with E-state index in [1.165, 1.54) is 0 Å². The van der Waals surface area contributed by atoms with Gasteiger partial charge < -0.3 is 4.74 Å². The second-order valence-electron chi connectivity index (χ2n) is 4.59. The van der Waals surface area contributed by atoms with Gasteiger partial charge >= 0.3 is 0 Å². The molecule has 0 saturated heterocycles. The van der Waals surface area contributed by atoms with E-state index in [0.717, 1.165) is 22.5 Å². The molecule has 0 amide bonds. The summed E-state index contributed by atoms with van der Waals surface area (Å²) in [5.74, 6) is 0.750. The molecule has 0 atom stereocenters. The SMILES string of the molecule is COc1cccc(-c2nc3ccc(C)cn3c2C#N)c1. The Morgan fingerprint density at radius 2 is 2.10 bits per heavy atom. The number of nitriles is 1. The van der Waals surface area contributed by atoms with E-state index in [2.05, 4.69) is 11.1 Å². The zero-order chi connectivity index (χ0) is 14.1. The van der Waals surface area contributed by atoms with E-state index < -0.39 is 0 Å². The van der Waals surface area contributed by atoms with E-state index in [9.17, 15) is 5.26 Å². The molecule has 0 aliphatic carbocycles. The Balaban J connectivity index is 2.28. The van der Waals surface area contributed by atoms with Crippen molar-refractivity contribution >= 4 is 5.65 Å². The zero-order valence-electron chi connectivity index (χ0n) is 11.3. The summed E-state index contributed by atoms with van der Waals surface area (Å²) in [6.07, 6.45) is 1.92. The molecular weight excluding hydrogens is 250 g/mol. The first-order chi connectivity index (χ1) is 9.72. The Hall–Kier alpha value is -2.80. The summed E-state index contributed by atoms with van der Waals surface area (Å²) in [5.41, 5.74) is 3.95. The first-order valence-electron chi connectivity index (χ1n) is 6.26. The molecule has 0 bridgehead atoms. The second-order valence-corrected chi connectivity index (χ2v) is 4.59. The van der Waals surface area contributed by atoms with Crippen molar-refractivity contribution in [3.05, 3.63) is 53.9 Å². The molecule has 0 N–H and O–H groups in total. The van der Waals surface area contributed by atoms with E-state index in [1.807, 2.05) is 53.9 Å². The van der Waals surface area contributed by atoms with Gasteiger partial charge in [0, 0.05) is 11.8 Å². The molecule has 0 saturated carbocycles. The summed E-state index contributed by atoms with van der Waals surface area (Å²) in [7, 11) is 1.62. The maximum Gasteiger partial charge on any atom is 0.152 e. The number of methoxy groups -OCH3 is 1. The van der Waals surface area contributed by atoms with Gasteiger partial charge in [-0.2, -0.15) is 5.26 Å². The first-order valence-corrected chi connectivity index (χ1v) is 6.26. The van der Waals surface area contributed by atoms with Crippen molar-refractivity contribution in [3.8, 4) is 23.1 Å². The van der Waals surface area contributed by atoms with E-state index in [0.29, 0.717) is 11.4 Å². The molecule has 3 rings (SSSR count). The number of ether oxygens (including phenoxy) is 1. The van der Waals surface area contributed by atoms with Gasteiger partial charge in [-0.15, -0.1) is 0 Å². The summed E-state index contributed by atoms with van der Waals surface area (Å²) in [5, 5.41) is 9.44. The van der Waals surface area contributed by atoms with E-state index in [4.69, 9.17) is 4.74 Å². The summed E-state index contributed by atoms with van der Waals surface area (Å²) in [4.78, 5) is 4.56. The third-order valence-electron chi connectivity index (χ3n) is 3.22. The van der Waals surface area contributed by atoms with Gasteiger partial charge in [-0.1, -0.05) is 18.2 Å². The van der Waals surface area contributed by atoms with Crippen molar-refractivity contribution in [2.24, 2.45) is 0 Å². The van der Waals surface area contributed by atoms with Gasteiger partial charge in [0.2, 0.25) is 0 Å². The van der Waals surface area contributed by atoms with Gasteiger partial charge in [-0.3, -0.25) is 4.40 Å². The molecule has 0 aliphatic heterocycles. The standard InChI is InChI=1S/C16H13N3O/c1-11-6-7-15-18-16(14(9-17)19(15)10-11)12-4-3-5-13(8-12)20-2/h3-8,10H,1-2H3. The molecule has 0 unspecified atom stereocenters. The minimum Gasteiger partial charge on any atom is -0.497 e. The Labute approximate surface area is 116 Å². The maximum absolute atomic E-state index is 9.44. The average molecular weight is 263 g/mol. The number of imidazole rings is 1. The normalized spacial score (nSPS) is 10.4. The lowest BCUT2D eigenvalue weighted by atomic mass is 10.1. The fourth-order valence-corrected chi connectivity index (χ4v) is 2.23. The number of benzene rings is 1. The lowest BCUT2D eigenvalue weighted by molar-refractivity contribution is 0.415. The van der Waals surface area contributed by atoms with Crippen LogP contribution in [-0.4, -0.2) is 16.5 Å². The highest BCUT2D eigenvalue weighted by atomic mass is 16.5.